The highest BCUT2D eigenvalue weighted by molar-refractivity contribution is 5.94. The van der Waals surface area contributed by atoms with Gasteiger partial charge >= 0.3 is 0 Å². The maximum absolute atomic E-state index is 12.5. The molecular weight excluding hydrogens is 342 g/mol. The van der Waals surface area contributed by atoms with Crippen LogP contribution in [0.25, 0.3) is 0 Å². The molecule has 10 heteroatoms. The third-order valence-electron chi connectivity index (χ3n) is 4.16. The standard InChI is InChI=1S/C16H15N5O5/c22-16(12-1-3-13(4-2-12)20(23)24)19-9-7-18(8-10-19)15-6-5-14(11-17-15)21(25)26/h1-6,11H,7-10H2. The van der Waals surface area contributed by atoms with Gasteiger partial charge < -0.3 is 9.80 Å². The second kappa shape index (κ2) is 7.13. The maximum atomic E-state index is 12.5. The van der Waals surface area contributed by atoms with Gasteiger partial charge in [-0.3, -0.25) is 25.0 Å². The summed E-state index contributed by atoms with van der Waals surface area (Å²) in [5.74, 6) is 0.439. The highest BCUT2D eigenvalue weighted by Crippen LogP contribution is 2.19. The van der Waals surface area contributed by atoms with Crippen LogP contribution in [-0.2, 0) is 0 Å². The third kappa shape index (κ3) is 3.58. The molecule has 10 nitrogen and oxygen atoms in total. The van der Waals surface area contributed by atoms with Gasteiger partial charge in [0.1, 0.15) is 12.0 Å². The topological polar surface area (TPSA) is 123 Å². The Hall–Kier alpha value is -3.56. The van der Waals surface area contributed by atoms with Gasteiger partial charge in [0.25, 0.3) is 17.3 Å². The number of carbonyl (C=O) groups is 1. The lowest BCUT2D eigenvalue weighted by Crippen LogP contribution is -2.49. The van der Waals surface area contributed by atoms with Crippen molar-refractivity contribution >= 4 is 23.1 Å². The van der Waals surface area contributed by atoms with Crippen molar-refractivity contribution in [3.05, 3.63) is 68.4 Å². The van der Waals surface area contributed by atoms with Crippen LogP contribution in [0.3, 0.4) is 0 Å². The van der Waals surface area contributed by atoms with Crippen LogP contribution >= 0.6 is 0 Å². The normalized spacial score (nSPS) is 14.2. The number of nitro groups is 2. The molecule has 0 atom stereocenters. The Morgan fingerprint density at radius 3 is 1.96 bits per heavy atom. The molecule has 1 aliphatic rings. The van der Waals surface area contributed by atoms with Crippen LogP contribution in [0, 0.1) is 20.2 Å². The van der Waals surface area contributed by atoms with Crippen molar-refractivity contribution in [3.63, 3.8) is 0 Å². The van der Waals surface area contributed by atoms with E-state index in [1.807, 2.05) is 4.90 Å². The smallest absolute Gasteiger partial charge is 0.287 e. The molecule has 2 heterocycles. The van der Waals surface area contributed by atoms with E-state index in [0.717, 1.165) is 0 Å². The maximum Gasteiger partial charge on any atom is 0.287 e. The Morgan fingerprint density at radius 1 is 0.885 bits per heavy atom. The minimum Gasteiger partial charge on any atom is -0.353 e. The van der Waals surface area contributed by atoms with E-state index in [0.29, 0.717) is 37.6 Å². The van der Waals surface area contributed by atoms with Crippen molar-refractivity contribution in [3.8, 4) is 0 Å². The summed E-state index contributed by atoms with van der Waals surface area (Å²) in [6.45, 7) is 2.02. The predicted molar refractivity (Wildman–Crippen MR) is 92.1 cm³/mol. The summed E-state index contributed by atoms with van der Waals surface area (Å²) < 4.78 is 0. The quantitative estimate of drug-likeness (QED) is 0.604. The second-order valence-corrected chi connectivity index (χ2v) is 5.71. The van der Waals surface area contributed by atoms with E-state index >= 15 is 0 Å². The van der Waals surface area contributed by atoms with Gasteiger partial charge in [-0.15, -0.1) is 0 Å². The molecule has 1 aromatic carbocycles. The van der Waals surface area contributed by atoms with Crippen LogP contribution in [0.4, 0.5) is 17.2 Å². The monoisotopic (exact) mass is 357 g/mol. The number of carbonyl (C=O) groups excluding carboxylic acids is 1. The van der Waals surface area contributed by atoms with Crippen molar-refractivity contribution in [1.29, 1.82) is 0 Å². The van der Waals surface area contributed by atoms with Gasteiger partial charge in [0.05, 0.1) is 9.85 Å². The van der Waals surface area contributed by atoms with E-state index in [1.54, 1.807) is 11.0 Å². The molecule has 2 aromatic rings. The Morgan fingerprint density at radius 2 is 1.46 bits per heavy atom. The molecule has 0 spiro atoms. The first-order valence-electron chi connectivity index (χ1n) is 7.85. The van der Waals surface area contributed by atoms with Crippen molar-refractivity contribution in [1.82, 2.24) is 9.88 Å². The highest BCUT2D eigenvalue weighted by Gasteiger charge is 2.23. The Labute approximate surface area is 148 Å². The lowest BCUT2D eigenvalue weighted by atomic mass is 10.1. The number of anilines is 1. The molecule has 0 unspecified atom stereocenters. The summed E-state index contributed by atoms with van der Waals surface area (Å²) in [7, 11) is 0. The lowest BCUT2D eigenvalue weighted by molar-refractivity contribution is -0.385. The number of nitrogens with zero attached hydrogens (tertiary/aromatic N) is 5. The fourth-order valence-corrected chi connectivity index (χ4v) is 2.72. The molecule has 1 amide bonds. The van der Waals surface area contributed by atoms with Crippen LogP contribution < -0.4 is 4.90 Å². The third-order valence-corrected chi connectivity index (χ3v) is 4.16. The van der Waals surface area contributed by atoms with Crippen LogP contribution in [0.15, 0.2) is 42.6 Å². The Kier molecular flexibility index (Phi) is 4.74. The number of piperazine rings is 1. The average Bonchev–Trinajstić information content (AvgIpc) is 2.67. The number of benzene rings is 1. The summed E-state index contributed by atoms with van der Waals surface area (Å²) in [6, 6.07) is 8.51. The minimum atomic E-state index is -0.510. The van der Waals surface area contributed by atoms with E-state index in [9.17, 15) is 25.0 Å². The van der Waals surface area contributed by atoms with E-state index in [1.165, 1.54) is 36.5 Å². The lowest BCUT2D eigenvalue weighted by Gasteiger charge is -2.35. The average molecular weight is 357 g/mol. The molecule has 0 bridgehead atoms. The first-order valence-corrected chi connectivity index (χ1v) is 7.85. The number of nitro benzene ring substituents is 1. The number of pyridine rings is 1. The molecule has 1 aliphatic heterocycles. The summed E-state index contributed by atoms with van der Waals surface area (Å²) in [6.07, 6.45) is 1.21. The van der Waals surface area contributed by atoms with Crippen LogP contribution in [-0.4, -0.2) is 51.8 Å². The van der Waals surface area contributed by atoms with Crippen LogP contribution in [0.2, 0.25) is 0 Å². The zero-order valence-electron chi connectivity index (χ0n) is 13.6. The number of non-ortho nitro benzene ring substituents is 1. The summed E-state index contributed by atoms with van der Waals surface area (Å²) in [4.78, 5) is 40.5. The van der Waals surface area contributed by atoms with E-state index < -0.39 is 9.85 Å². The zero-order valence-corrected chi connectivity index (χ0v) is 13.6. The van der Waals surface area contributed by atoms with E-state index in [4.69, 9.17) is 0 Å². The molecule has 3 rings (SSSR count). The molecule has 1 aromatic heterocycles. The Bertz CT molecular complexity index is 829. The fourth-order valence-electron chi connectivity index (χ4n) is 2.72. The summed E-state index contributed by atoms with van der Waals surface area (Å²) in [5, 5.41) is 21.3. The van der Waals surface area contributed by atoms with Crippen molar-refractivity contribution in [2.24, 2.45) is 0 Å². The minimum absolute atomic E-state index is 0.0596. The van der Waals surface area contributed by atoms with Crippen molar-refractivity contribution in [2.75, 3.05) is 31.1 Å². The predicted octanol–water partition coefficient (Wildman–Crippen LogP) is 1.86. The molecule has 134 valence electrons. The van der Waals surface area contributed by atoms with E-state index in [-0.39, 0.29) is 17.3 Å². The highest BCUT2D eigenvalue weighted by atomic mass is 16.6. The number of hydrogen-bond acceptors (Lipinski definition) is 7. The summed E-state index contributed by atoms with van der Waals surface area (Å²) in [5.41, 5.74) is 0.272. The molecule has 0 aliphatic carbocycles. The van der Waals surface area contributed by atoms with Gasteiger partial charge in [-0.2, -0.15) is 0 Å². The Balaban J connectivity index is 1.61. The van der Waals surface area contributed by atoms with Crippen LogP contribution in [0.1, 0.15) is 10.4 Å². The molecular formula is C16H15N5O5. The molecule has 0 saturated carbocycles. The molecule has 1 fully saturated rings. The summed E-state index contributed by atoms with van der Waals surface area (Å²) >= 11 is 0. The van der Waals surface area contributed by atoms with Gasteiger partial charge in [0.2, 0.25) is 0 Å². The molecule has 26 heavy (non-hydrogen) atoms. The van der Waals surface area contributed by atoms with Gasteiger partial charge in [-0.1, -0.05) is 0 Å². The first kappa shape index (κ1) is 17.3. The van der Waals surface area contributed by atoms with E-state index in [2.05, 4.69) is 4.98 Å². The van der Waals surface area contributed by atoms with Gasteiger partial charge in [0, 0.05) is 49.9 Å². The first-order chi connectivity index (χ1) is 12.5. The van der Waals surface area contributed by atoms with Crippen LogP contribution in [0.5, 0.6) is 0 Å². The van der Waals surface area contributed by atoms with Crippen molar-refractivity contribution < 1.29 is 14.6 Å². The SMILES string of the molecule is O=C(c1ccc([N+](=O)[O-])cc1)N1CCN(c2ccc([N+](=O)[O-])cn2)CC1. The molecule has 0 radical (unpaired) electrons. The number of rotatable bonds is 4. The molecule has 1 saturated heterocycles. The number of aromatic nitrogens is 1. The zero-order chi connectivity index (χ0) is 18.7. The van der Waals surface area contributed by atoms with Gasteiger partial charge in [-0.05, 0) is 18.2 Å². The molecule has 0 N–H and O–H groups in total. The largest absolute Gasteiger partial charge is 0.353 e. The van der Waals surface area contributed by atoms with Crippen molar-refractivity contribution in [2.45, 2.75) is 0 Å². The number of amides is 1. The van der Waals surface area contributed by atoms with Gasteiger partial charge in [-0.25, -0.2) is 4.98 Å². The second-order valence-electron chi connectivity index (χ2n) is 5.71. The fraction of sp³-hybridized carbons (Fsp3) is 0.250. The number of hydrogen-bond donors (Lipinski definition) is 0. The van der Waals surface area contributed by atoms with Gasteiger partial charge in [0.15, 0.2) is 0 Å².